The zero-order valence-electron chi connectivity index (χ0n) is 11.4. The van der Waals surface area contributed by atoms with E-state index in [0.717, 1.165) is 13.0 Å². The molecule has 1 aromatic carbocycles. The monoisotopic (exact) mass is 281 g/mol. The van der Waals surface area contributed by atoms with Crippen LogP contribution in [0.15, 0.2) is 18.2 Å². The van der Waals surface area contributed by atoms with Gasteiger partial charge in [0, 0.05) is 32.0 Å². The topological polar surface area (TPSA) is 77.0 Å². The number of carbonyl (C=O) groups is 1. The van der Waals surface area contributed by atoms with E-state index in [1.807, 2.05) is 0 Å². The van der Waals surface area contributed by atoms with Gasteiger partial charge in [-0.15, -0.1) is 0 Å². The number of ether oxygens (including phenoxy) is 3. The van der Waals surface area contributed by atoms with Crippen molar-refractivity contribution < 1.29 is 24.1 Å². The van der Waals surface area contributed by atoms with Crippen LogP contribution in [0.4, 0.5) is 5.69 Å². The molecule has 0 radical (unpaired) electrons. The van der Waals surface area contributed by atoms with E-state index in [4.69, 9.17) is 19.3 Å². The highest BCUT2D eigenvalue weighted by molar-refractivity contribution is 5.89. The number of benzene rings is 1. The Morgan fingerprint density at radius 3 is 2.85 bits per heavy atom. The smallest absolute Gasteiger partial charge is 0.335 e. The van der Waals surface area contributed by atoms with Gasteiger partial charge in [-0.3, -0.25) is 0 Å². The van der Waals surface area contributed by atoms with E-state index in [9.17, 15) is 4.79 Å². The predicted octanol–water partition coefficient (Wildman–Crippen LogP) is 1.61. The molecule has 2 N–H and O–H groups in total. The molecule has 2 rings (SSSR count). The number of anilines is 1. The zero-order chi connectivity index (χ0) is 14.4. The first kappa shape index (κ1) is 14.6. The second-order valence-electron chi connectivity index (χ2n) is 4.55. The number of methoxy groups -OCH3 is 1. The molecule has 110 valence electrons. The molecule has 1 atom stereocenters. The van der Waals surface area contributed by atoms with Crippen molar-refractivity contribution >= 4 is 11.7 Å². The van der Waals surface area contributed by atoms with Crippen LogP contribution in [-0.2, 0) is 9.47 Å². The lowest BCUT2D eigenvalue weighted by Gasteiger charge is -2.27. The highest BCUT2D eigenvalue weighted by Crippen LogP contribution is 2.22. The van der Waals surface area contributed by atoms with Gasteiger partial charge in [0.05, 0.1) is 18.3 Å². The number of aromatic carboxylic acids is 1. The van der Waals surface area contributed by atoms with Crippen LogP contribution in [-0.4, -0.2) is 50.7 Å². The number of hydrogen-bond acceptors (Lipinski definition) is 5. The van der Waals surface area contributed by atoms with Gasteiger partial charge in [-0.05, 0) is 18.6 Å². The summed E-state index contributed by atoms with van der Waals surface area (Å²) >= 11 is 0. The summed E-state index contributed by atoms with van der Waals surface area (Å²) in [7, 11) is 1.59. The van der Waals surface area contributed by atoms with Crippen molar-refractivity contribution in [2.75, 3.05) is 38.8 Å². The van der Waals surface area contributed by atoms with Crippen LogP contribution >= 0.6 is 0 Å². The van der Waals surface area contributed by atoms with E-state index in [-0.39, 0.29) is 11.7 Å². The molecule has 6 heteroatoms. The SMILES string of the molecule is COCCOc1cc(NCC2CCO2)cc(C(=O)O)c1. The standard InChI is InChI=1S/C14H19NO5/c1-18-4-5-20-13-7-10(14(16)17)6-11(8-13)15-9-12-2-3-19-12/h6-8,12,15H,2-5,9H2,1H3,(H,16,17). The summed E-state index contributed by atoms with van der Waals surface area (Å²) in [5.41, 5.74) is 0.907. The van der Waals surface area contributed by atoms with E-state index in [2.05, 4.69) is 5.32 Å². The van der Waals surface area contributed by atoms with Crippen LogP contribution in [0.5, 0.6) is 5.75 Å². The molecule has 6 nitrogen and oxygen atoms in total. The normalized spacial score (nSPS) is 17.4. The quantitative estimate of drug-likeness (QED) is 0.705. The van der Waals surface area contributed by atoms with Gasteiger partial charge in [-0.1, -0.05) is 0 Å². The first-order chi connectivity index (χ1) is 9.69. The number of carboxylic acids is 1. The van der Waals surface area contributed by atoms with Crippen LogP contribution < -0.4 is 10.1 Å². The summed E-state index contributed by atoms with van der Waals surface area (Å²) < 4.78 is 15.7. The molecule has 1 heterocycles. The molecule has 1 unspecified atom stereocenters. The lowest BCUT2D eigenvalue weighted by Crippen LogP contribution is -2.33. The maximum Gasteiger partial charge on any atom is 0.335 e. The Labute approximate surface area is 117 Å². The molecule has 0 bridgehead atoms. The average molecular weight is 281 g/mol. The molecule has 0 aliphatic carbocycles. The predicted molar refractivity (Wildman–Crippen MR) is 73.6 cm³/mol. The van der Waals surface area contributed by atoms with Crippen molar-refractivity contribution in [3.63, 3.8) is 0 Å². The van der Waals surface area contributed by atoms with Crippen molar-refractivity contribution in [3.05, 3.63) is 23.8 Å². The van der Waals surface area contributed by atoms with Crippen LogP contribution in [0.1, 0.15) is 16.8 Å². The van der Waals surface area contributed by atoms with Crippen molar-refractivity contribution in [2.24, 2.45) is 0 Å². The maximum atomic E-state index is 11.1. The first-order valence-corrected chi connectivity index (χ1v) is 6.54. The Bertz CT molecular complexity index is 459. The van der Waals surface area contributed by atoms with Crippen LogP contribution in [0.2, 0.25) is 0 Å². The maximum absolute atomic E-state index is 11.1. The minimum atomic E-state index is -0.981. The summed E-state index contributed by atoms with van der Waals surface area (Å²) in [4.78, 5) is 11.1. The molecule has 1 aliphatic heterocycles. The molecule has 1 aromatic rings. The summed E-state index contributed by atoms with van der Waals surface area (Å²) in [6.07, 6.45) is 1.24. The largest absolute Gasteiger partial charge is 0.491 e. The van der Waals surface area contributed by atoms with Crippen LogP contribution in [0.25, 0.3) is 0 Å². The van der Waals surface area contributed by atoms with Crippen LogP contribution in [0.3, 0.4) is 0 Å². The van der Waals surface area contributed by atoms with Crippen LogP contribution in [0, 0.1) is 0 Å². The van der Waals surface area contributed by atoms with E-state index in [0.29, 0.717) is 31.2 Å². The van der Waals surface area contributed by atoms with Crippen molar-refractivity contribution in [2.45, 2.75) is 12.5 Å². The van der Waals surface area contributed by atoms with Crippen molar-refractivity contribution in [1.82, 2.24) is 0 Å². The van der Waals surface area contributed by atoms with Gasteiger partial charge < -0.3 is 24.6 Å². The molecule has 0 spiro atoms. The molecule has 0 amide bonds. The minimum absolute atomic E-state index is 0.192. The second kappa shape index (κ2) is 7.12. The Morgan fingerprint density at radius 2 is 2.25 bits per heavy atom. The van der Waals surface area contributed by atoms with Crippen molar-refractivity contribution in [1.29, 1.82) is 0 Å². The number of hydrogen-bond donors (Lipinski definition) is 2. The Balaban J connectivity index is 2.01. The van der Waals surface area contributed by atoms with Gasteiger partial charge >= 0.3 is 5.97 Å². The summed E-state index contributed by atoms with van der Waals surface area (Å²) in [6, 6.07) is 4.87. The fraction of sp³-hybridized carbons (Fsp3) is 0.500. The van der Waals surface area contributed by atoms with Crippen molar-refractivity contribution in [3.8, 4) is 5.75 Å². The third-order valence-corrected chi connectivity index (χ3v) is 3.04. The molecule has 20 heavy (non-hydrogen) atoms. The fourth-order valence-electron chi connectivity index (χ4n) is 1.83. The Kier molecular flexibility index (Phi) is 5.20. The zero-order valence-corrected chi connectivity index (χ0v) is 11.4. The molecule has 0 saturated carbocycles. The number of rotatable bonds is 8. The average Bonchev–Trinajstić information content (AvgIpc) is 2.37. The number of carboxylic acid groups (broad SMARTS) is 1. The van der Waals surface area contributed by atoms with E-state index in [1.54, 1.807) is 19.2 Å². The summed E-state index contributed by atoms with van der Waals surface area (Å²) in [6.45, 7) is 2.30. The van der Waals surface area contributed by atoms with E-state index in [1.165, 1.54) is 6.07 Å². The molecular formula is C14H19NO5. The third-order valence-electron chi connectivity index (χ3n) is 3.04. The molecule has 1 saturated heterocycles. The Hall–Kier alpha value is -1.79. The summed E-state index contributed by atoms with van der Waals surface area (Å²) in [5.74, 6) is -0.468. The van der Waals surface area contributed by atoms with Gasteiger partial charge in [0.1, 0.15) is 12.4 Å². The highest BCUT2D eigenvalue weighted by atomic mass is 16.5. The van der Waals surface area contributed by atoms with Gasteiger partial charge in [0.15, 0.2) is 0 Å². The first-order valence-electron chi connectivity index (χ1n) is 6.54. The van der Waals surface area contributed by atoms with E-state index >= 15 is 0 Å². The molecule has 1 aliphatic rings. The van der Waals surface area contributed by atoms with Gasteiger partial charge in [-0.25, -0.2) is 4.79 Å². The second-order valence-corrected chi connectivity index (χ2v) is 4.55. The highest BCUT2D eigenvalue weighted by Gasteiger charge is 2.17. The van der Waals surface area contributed by atoms with E-state index < -0.39 is 5.97 Å². The lowest BCUT2D eigenvalue weighted by atomic mass is 10.1. The van der Waals surface area contributed by atoms with Gasteiger partial charge in [-0.2, -0.15) is 0 Å². The van der Waals surface area contributed by atoms with Gasteiger partial charge in [0.25, 0.3) is 0 Å². The fourth-order valence-corrected chi connectivity index (χ4v) is 1.83. The molecule has 1 fully saturated rings. The minimum Gasteiger partial charge on any atom is -0.491 e. The van der Waals surface area contributed by atoms with Gasteiger partial charge in [0.2, 0.25) is 0 Å². The molecule has 0 aromatic heterocycles. The third kappa shape index (κ3) is 4.11. The Morgan fingerprint density at radius 1 is 1.45 bits per heavy atom. The number of nitrogens with one attached hydrogen (secondary N) is 1. The lowest BCUT2D eigenvalue weighted by molar-refractivity contribution is -0.0410. The molecular weight excluding hydrogens is 262 g/mol. The summed E-state index contributed by atoms with van der Waals surface area (Å²) in [5, 5.41) is 12.3.